The zero-order valence-electron chi connectivity index (χ0n) is 15.8. The molecule has 5 nitrogen and oxygen atoms in total. The van der Waals surface area contributed by atoms with Gasteiger partial charge in [-0.1, -0.05) is 6.07 Å². The smallest absolute Gasteiger partial charge is 0.254 e. The predicted molar refractivity (Wildman–Crippen MR) is 104 cm³/mol. The summed E-state index contributed by atoms with van der Waals surface area (Å²) in [7, 11) is 0. The molecular weight excluding hydrogens is 376 g/mol. The van der Waals surface area contributed by atoms with Gasteiger partial charge in [0.15, 0.2) is 5.78 Å². The van der Waals surface area contributed by atoms with Crippen molar-refractivity contribution >= 4 is 17.4 Å². The van der Waals surface area contributed by atoms with E-state index in [4.69, 9.17) is 0 Å². The number of Topliss-reactive ketones (excluding diaryl/α,β-unsaturated/α-hetero) is 1. The number of allylic oxidation sites excluding steroid dienone is 3. The molecule has 2 N–H and O–H groups in total. The van der Waals surface area contributed by atoms with Crippen LogP contribution < -0.4 is 10.6 Å². The number of rotatable bonds is 3. The van der Waals surface area contributed by atoms with Crippen LogP contribution in [0.3, 0.4) is 0 Å². The number of aromatic nitrogens is 1. The molecule has 2 heterocycles. The zero-order chi connectivity index (χ0) is 20.5. The Balaban J connectivity index is 1.77. The van der Waals surface area contributed by atoms with Gasteiger partial charge in [-0.2, -0.15) is 0 Å². The highest BCUT2D eigenvalue weighted by Gasteiger charge is 2.39. The molecule has 0 radical (unpaired) electrons. The van der Waals surface area contributed by atoms with Gasteiger partial charge in [-0.05, 0) is 44.0 Å². The number of hydrogen-bond acceptors (Lipinski definition) is 4. The molecule has 1 atom stereocenters. The summed E-state index contributed by atoms with van der Waals surface area (Å²) in [6, 6.07) is 8.26. The van der Waals surface area contributed by atoms with Crippen LogP contribution in [0.25, 0.3) is 0 Å². The van der Waals surface area contributed by atoms with E-state index in [-0.39, 0.29) is 11.5 Å². The number of amides is 1. The molecule has 0 fully saturated rings. The average Bonchev–Trinajstić information content (AvgIpc) is 2.70. The molecule has 148 valence electrons. The Labute approximate surface area is 166 Å². The van der Waals surface area contributed by atoms with Gasteiger partial charge < -0.3 is 10.6 Å². The molecule has 4 rings (SSSR count). The average molecular weight is 395 g/mol. The molecule has 29 heavy (non-hydrogen) atoms. The molecule has 1 unspecified atom stereocenters. The molecule has 1 aromatic carbocycles. The highest BCUT2D eigenvalue weighted by molar-refractivity contribution is 6.09. The van der Waals surface area contributed by atoms with Crippen LogP contribution in [0.5, 0.6) is 0 Å². The number of hydrogen-bond donors (Lipinski definition) is 2. The van der Waals surface area contributed by atoms with E-state index in [9.17, 15) is 18.4 Å². The minimum absolute atomic E-state index is 0.0276. The van der Waals surface area contributed by atoms with Crippen molar-refractivity contribution < 1.29 is 18.4 Å². The van der Waals surface area contributed by atoms with Crippen LogP contribution in [0.15, 0.2) is 65.1 Å². The van der Waals surface area contributed by atoms with Gasteiger partial charge in [-0.25, -0.2) is 8.78 Å². The Morgan fingerprint density at radius 3 is 2.76 bits per heavy atom. The summed E-state index contributed by atoms with van der Waals surface area (Å²) in [5.41, 5.74) is 2.65. The molecule has 0 bridgehead atoms. The fourth-order valence-electron chi connectivity index (χ4n) is 3.91. The first-order valence-electron chi connectivity index (χ1n) is 9.37. The molecular formula is C22H19F2N3O2. The van der Waals surface area contributed by atoms with Crippen molar-refractivity contribution in [1.29, 1.82) is 0 Å². The van der Waals surface area contributed by atoms with Crippen LogP contribution in [-0.2, 0) is 9.59 Å². The van der Waals surface area contributed by atoms with Crippen LogP contribution in [0, 0.1) is 11.6 Å². The Morgan fingerprint density at radius 2 is 2.03 bits per heavy atom. The number of carbonyl (C=O) groups excluding carboxylic acids is 2. The van der Waals surface area contributed by atoms with E-state index in [1.165, 1.54) is 6.07 Å². The van der Waals surface area contributed by atoms with E-state index >= 15 is 0 Å². The second-order valence-corrected chi connectivity index (χ2v) is 7.10. The first-order valence-corrected chi connectivity index (χ1v) is 9.37. The molecule has 2 aliphatic rings. The maximum absolute atomic E-state index is 14.1. The van der Waals surface area contributed by atoms with Crippen molar-refractivity contribution in [3.8, 4) is 0 Å². The molecule has 7 heteroatoms. The Kier molecular flexibility index (Phi) is 4.96. The van der Waals surface area contributed by atoms with Gasteiger partial charge in [0.1, 0.15) is 11.6 Å². The fraction of sp³-hybridized carbons (Fsp3) is 0.227. The van der Waals surface area contributed by atoms with Gasteiger partial charge >= 0.3 is 0 Å². The van der Waals surface area contributed by atoms with Crippen LogP contribution >= 0.6 is 0 Å². The van der Waals surface area contributed by atoms with Crippen LogP contribution in [-0.4, -0.2) is 16.7 Å². The molecule has 0 spiro atoms. The number of anilines is 1. The molecule has 1 aliphatic heterocycles. The summed E-state index contributed by atoms with van der Waals surface area (Å²) in [5.74, 6) is -2.85. The number of halogens is 2. The van der Waals surface area contributed by atoms with Crippen molar-refractivity contribution in [1.82, 2.24) is 10.3 Å². The number of dihydropyridines is 1. The monoisotopic (exact) mass is 395 g/mol. The Morgan fingerprint density at radius 1 is 1.21 bits per heavy atom. The quantitative estimate of drug-likeness (QED) is 0.825. The fourth-order valence-corrected chi connectivity index (χ4v) is 3.91. The SMILES string of the molecule is CC1=C(C(=O)Nc2ccc(F)cc2F)C(c2ccccn2)C2=C(CCCC2=O)N1. The lowest BCUT2D eigenvalue weighted by Crippen LogP contribution is -2.35. The summed E-state index contributed by atoms with van der Waals surface area (Å²) in [5, 5.41) is 5.69. The van der Waals surface area contributed by atoms with E-state index in [0.29, 0.717) is 41.4 Å². The van der Waals surface area contributed by atoms with Gasteiger partial charge in [0.2, 0.25) is 0 Å². The topological polar surface area (TPSA) is 71.1 Å². The van der Waals surface area contributed by atoms with E-state index in [0.717, 1.165) is 18.2 Å². The molecule has 1 amide bonds. The van der Waals surface area contributed by atoms with Gasteiger partial charge in [-0.3, -0.25) is 14.6 Å². The molecule has 0 saturated carbocycles. The summed E-state index contributed by atoms with van der Waals surface area (Å²) in [4.78, 5) is 30.3. The number of nitrogens with one attached hydrogen (secondary N) is 2. The highest BCUT2D eigenvalue weighted by atomic mass is 19.1. The lowest BCUT2D eigenvalue weighted by atomic mass is 9.76. The third-order valence-corrected chi connectivity index (χ3v) is 5.18. The normalized spacial score (nSPS) is 19.0. The largest absolute Gasteiger partial charge is 0.362 e. The first-order chi connectivity index (χ1) is 14.0. The zero-order valence-corrected chi connectivity index (χ0v) is 15.8. The van der Waals surface area contributed by atoms with E-state index in [1.54, 1.807) is 31.3 Å². The predicted octanol–water partition coefficient (Wildman–Crippen LogP) is 3.97. The minimum atomic E-state index is -0.872. The van der Waals surface area contributed by atoms with Crippen LogP contribution in [0.1, 0.15) is 37.8 Å². The summed E-state index contributed by atoms with van der Waals surface area (Å²) in [6.07, 6.45) is 3.47. The summed E-state index contributed by atoms with van der Waals surface area (Å²) < 4.78 is 27.3. The third kappa shape index (κ3) is 3.55. The standard InChI is InChI=1S/C22H19F2N3O2/c1-12-19(22(29)27-15-9-8-13(23)11-14(15)24)21(16-5-2-3-10-25-16)20-17(26-12)6-4-7-18(20)28/h2-3,5,8-11,21,26H,4,6-7H2,1H3,(H,27,29). The third-order valence-electron chi connectivity index (χ3n) is 5.18. The van der Waals surface area contributed by atoms with Gasteiger partial charge in [-0.15, -0.1) is 0 Å². The second kappa shape index (κ2) is 7.58. The van der Waals surface area contributed by atoms with Crippen molar-refractivity contribution in [3.05, 3.63) is 82.5 Å². The Bertz CT molecular complexity index is 1060. The maximum Gasteiger partial charge on any atom is 0.254 e. The molecule has 1 aromatic heterocycles. The van der Waals surface area contributed by atoms with Gasteiger partial charge in [0, 0.05) is 41.2 Å². The summed E-state index contributed by atoms with van der Waals surface area (Å²) in [6.45, 7) is 1.74. The second-order valence-electron chi connectivity index (χ2n) is 7.10. The number of benzene rings is 1. The number of carbonyl (C=O) groups is 2. The lowest BCUT2D eigenvalue weighted by molar-refractivity contribution is -0.116. The van der Waals surface area contributed by atoms with E-state index in [1.807, 2.05) is 0 Å². The summed E-state index contributed by atoms with van der Waals surface area (Å²) >= 11 is 0. The minimum Gasteiger partial charge on any atom is -0.362 e. The van der Waals surface area contributed by atoms with Gasteiger partial charge in [0.25, 0.3) is 5.91 Å². The first kappa shape index (κ1) is 19.0. The van der Waals surface area contributed by atoms with Crippen molar-refractivity contribution in [2.75, 3.05) is 5.32 Å². The van der Waals surface area contributed by atoms with Crippen LogP contribution in [0.2, 0.25) is 0 Å². The van der Waals surface area contributed by atoms with E-state index in [2.05, 4.69) is 15.6 Å². The number of pyridine rings is 1. The van der Waals surface area contributed by atoms with Crippen molar-refractivity contribution in [2.24, 2.45) is 0 Å². The Hall–Kier alpha value is -3.35. The number of nitrogens with zero attached hydrogens (tertiary/aromatic N) is 1. The van der Waals surface area contributed by atoms with E-state index < -0.39 is 23.5 Å². The van der Waals surface area contributed by atoms with Crippen molar-refractivity contribution in [2.45, 2.75) is 32.1 Å². The molecule has 1 aliphatic carbocycles. The lowest BCUT2D eigenvalue weighted by Gasteiger charge is -2.34. The van der Waals surface area contributed by atoms with Crippen molar-refractivity contribution in [3.63, 3.8) is 0 Å². The van der Waals surface area contributed by atoms with Crippen LogP contribution in [0.4, 0.5) is 14.5 Å². The van der Waals surface area contributed by atoms with Gasteiger partial charge in [0.05, 0.1) is 17.3 Å². The molecule has 0 saturated heterocycles. The highest BCUT2D eigenvalue weighted by Crippen LogP contribution is 2.41. The number of ketones is 1. The molecule has 2 aromatic rings. The maximum atomic E-state index is 14.1.